The first-order valence-electron chi connectivity index (χ1n) is 3.23. The highest BCUT2D eigenvalue weighted by Gasteiger charge is 2.09. The summed E-state index contributed by atoms with van der Waals surface area (Å²) in [5, 5.41) is 0. The van der Waals surface area contributed by atoms with Crippen molar-refractivity contribution in [2.24, 2.45) is 0 Å². The Morgan fingerprint density at radius 3 is 2.64 bits per heavy atom. The van der Waals surface area contributed by atoms with Crippen molar-refractivity contribution in [3.8, 4) is 0 Å². The first-order chi connectivity index (χ1) is 5.20. The molecule has 0 aromatic carbocycles. The standard InChI is InChI=1S/C6H12O5/c1-4-9-6(7)10-5(2)11-8-3/h5H,4H2,1-3H3. The van der Waals surface area contributed by atoms with E-state index in [0.29, 0.717) is 0 Å². The lowest BCUT2D eigenvalue weighted by Gasteiger charge is -2.10. The molecule has 0 fully saturated rings. The van der Waals surface area contributed by atoms with Gasteiger partial charge in [0.05, 0.1) is 13.7 Å². The molecule has 11 heavy (non-hydrogen) atoms. The van der Waals surface area contributed by atoms with Crippen molar-refractivity contribution < 1.29 is 24.0 Å². The van der Waals surface area contributed by atoms with Crippen LogP contribution in [0.5, 0.6) is 0 Å². The van der Waals surface area contributed by atoms with Gasteiger partial charge in [-0.3, -0.25) is 0 Å². The predicted octanol–water partition coefficient (Wildman–Crippen LogP) is 1.08. The second-order valence-electron chi connectivity index (χ2n) is 1.63. The van der Waals surface area contributed by atoms with Crippen LogP contribution in [-0.2, 0) is 19.2 Å². The molecule has 5 heteroatoms. The lowest BCUT2D eigenvalue weighted by Crippen LogP contribution is -2.18. The molecule has 66 valence electrons. The van der Waals surface area contributed by atoms with Gasteiger partial charge >= 0.3 is 6.16 Å². The van der Waals surface area contributed by atoms with E-state index in [-0.39, 0.29) is 6.61 Å². The van der Waals surface area contributed by atoms with Crippen LogP contribution in [0, 0.1) is 0 Å². The van der Waals surface area contributed by atoms with Crippen molar-refractivity contribution in [3.05, 3.63) is 0 Å². The summed E-state index contributed by atoms with van der Waals surface area (Å²) in [5.41, 5.74) is 0. The van der Waals surface area contributed by atoms with Gasteiger partial charge in [-0.05, 0) is 6.92 Å². The van der Waals surface area contributed by atoms with Crippen LogP contribution < -0.4 is 0 Å². The Morgan fingerprint density at radius 2 is 2.18 bits per heavy atom. The molecular weight excluding hydrogens is 152 g/mol. The average Bonchev–Trinajstić information content (AvgIpc) is 1.87. The summed E-state index contributed by atoms with van der Waals surface area (Å²) in [5.74, 6) is 0. The van der Waals surface area contributed by atoms with Crippen LogP contribution >= 0.6 is 0 Å². The highest BCUT2D eigenvalue weighted by molar-refractivity contribution is 5.59. The maximum atomic E-state index is 10.5. The molecule has 5 nitrogen and oxygen atoms in total. The number of rotatable bonds is 4. The van der Waals surface area contributed by atoms with Gasteiger partial charge in [-0.1, -0.05) is 0 Å². The molecule has 0 rings (SSSR count). The van der Waals surface area contributed by atoms with Gasteiger partial charge in [0.15, 0.2) is 0 Å². The zero-order chi connectivity index (χ0) is 8.69. The Kier molecular flexibility index (Phi) is 5.50. The van der Waals surface area contributed by atoms with Crippen LogP contribution in [-0.4, -0.2) is 26.2 Å². The molecule has 0 aliphatic heterocycles. The van der Waals surface area contributed by atoms with Gasteiger partial charge in [0.1, 0.15) is 0 Å². The van der Waals surface area contributed by atoms with Gasteiger partial charge in [0.25, 0.3) is 0 Å². The second kappa shape index (κ2) is 5.94. The SMILES string of the molecule is CCOC(=O)OC(C)OOC. The molecule has 0 saturated heterocycles. The summed E-state index contributed by atoms with van der Waals surface area (Å²) in [4.78, 5) is 19.2. The van der Waals surface area contributed by atoms with E-state index in [4.69, 9.17) is 0 Å². The highest BCUT2D eigenvalue weighted by atomic mass is 17.2. The van der Waals surface area contributed by atoms with E-state index >= 15 is 0 Å². The molecule has 1 unspecified atom stereocenters. The van der Waals surface area contributed by atoms with Crippen LogP contribution in [0.15, 0.2) is 0 Å². The molecule has 0 spiro atoms. The topological polar surface area (TPSA) is 54.0 Å². The lowest BCUT2D eigenvalue weighted by molar-refractivity contribution is -0.348. The molecule has 0 saturated carbocycles. The van der Waals surface area contributed by atoms with Crippen molar-refractivity contribution in [2.75, 3.05) is 13.7 Å². The summed E-state index contributed by atoms with van der Waals surface area (Å²) in [7, 11) is 1.32. The number of carbonyl (C=O) groups excluding carboxylic acids is 1. The Balaban J connectivity index is 3.40. The highest BCUT2D eigenvalue weighted by Crippen LogP contribution is 1.95. The number of hydrogen-bond acceptors (Lipinski definition) is 5. The summed E-state index contributed by atoms with van der Waals surface area (Å²) in [6.07, 6.45) is -1.52. The minimum Gasteiger partial charge on any atom is -0.435 e. The monoisotopic (exact) mass is 164 g/mol. The molecule has 0 bridgehead atoms. The number of ether oxygens (including phenoxy) is 2. The van der Waals surface area contributed by atoms with Crippen LogP contribution in [0.4, 0.5) is 4.79 Å². The van der Waals surface area contributed by atoms with Gasteiger partial charge in [0, 0.05) is 6.92 Å². The predicted molar refractivity (Wildman–Crippen MR) is 35.7 cm³/mol. The third kappa shape index (κ3) is 5.63. The van der Waals surface area contributed by atoms with E-state index in [0.717, 1.165) is 0 Å². The zero-order valence-electron chi connectivity index (χ0n) is 6.83. The van der Waals surface area contributed by atoms with Crippen LogP contribution in [0.25, 0.3) is 0 Å². The van der Waals surface area contributed by atoms with Gasteiger partial charge in [-0.25, -0.2) is 9.68 Å². The second-order valence-corrected chi connectivity index (χ2v) is 1.63. The minimum atomic E-state index is -0.767. The number of hydrogen-bond donors (Lipinski definition) is 0. The molecule has 0 heterocycles. The molecular formula is C6H12O5. The van der Waals surface area contributed by atoms with Crippen LogP contribution in [0.3, 0.4) is 0 Å². The fraction of sp³-hybridized carbons (Fsp3) is 0.833. The summed E-state index contributed by atoms with van der Waals surface area (Å²) in [6, 6.07) is 0. The Labute approximate surface area is 65.1 Å². The first-order valence-corrected chi connectivity index (χ1v) is 3.23. The molecule has 0 aliphatic carbocycles. The smallest absolute Gasteiger partial charge is 0.435 e. The van der Waals surface area contributed by atoms with Crippen LogP contribution in [0.1, 0.15) is 13.8 Å². The van der Waals surface area contributed by atoms with Gasteiger partial charge in [0.2, 0.25) is 6.29 Å². The third-order valence-electron chi connectivity index (χ3n) is 0.756. The molecule has 0 aromatic rings. The molecule has 0 N–H and O–H groups in total. The molecule has 0 aliphatic rings. The summed E-state index contributed by atoms with van der Waals surface area (Å²) < 4.78 is 8.98. The summed E-state index contributed by atoms with van der Waals surface area (Å²) in [6.45, 7) is 3.47. The van der Waals surface area contributed by atoms with E-state index in [1.165, 1.54) is 14.0 Å². The normalized spacial score (nSPS) is 12.3. The molecule has 1 atom stereocenters. The van der Waals surface area contributed by atoms with Gasteiger partial charge in [-0.2, -0.15) is 4.89 Å². The lowest BCUT2D eigenvalue weighted by atomic mass is 10.8. The zero-order valence-corrected chi connectivity index (χ0v) is 6.83. The fourth-order valence-electron chi connectivity index (χ4n) is 0.443. The fourth-order valence-corrected chi connectivity index (χ4v) is 0.443. The maximum Gasteiger partial charge on any atom is 0.510 e. The molecule has 0 radical (unpaired) electrons. The van der Waals surface area contributed by atoms with Gasteiger partial charge in [-0.15, -0.1) is 0 Å². The van der Waals surface area contributed by atoms with Crippen molar-refractivity contribution in [2.45, 2.75) is 20.1 Å². The molecule has 0 amide bonds. The van der Waals surface area contributed by atoms with E-state index in [2.05, 4.69) is 19.2 Å². The van der Waals surface area contributed by atoms with E-state index in [9.17, 15) is 4.79 Å². The largest absolute Gasteiger partial charge is 0.510 e. The maximum absolute atomic E-state index is 10.5. The molecule has 0 aromatic heterocycles. The van der Waals surface area contributed by atoms with Crippen LogP contribution in [0.2, 0.25) is 0 Å². The van der Waals surface area contributed by atoms with E-state index < -0.39 is 12.4 Å². The van der Waals surface area contributed by atoms with E-state index in [1.54, 1.807) is 6.92 Å². The van der Waals surface area contributed by atoms with Crippen molar-refractivity contribution in [1.29, 1.82) is 0 Å². The Hall–Kier alpha value is -0.810. The van der Waals surface area contributed by atoms with Gasteiger partial charge < -0.3 is 9.47 Å². The first kappa shape index (κ1) is 10.2. The average molecular weight is 164 g/mol. The van der Waals surface area contributed by atoms with Crippen molar-refractivity contribution in [1.82, 2.24) is 0 Å². The quantitative estimate of drug-likeness (QED) is 0.269. The summed E-state index contributed by atoms with van der Waals surface area (Å²) >= 11 is 0. The third-order valence-corrected chi connectivity index (χ3v) is 0.756. The van der Waals surface area contributed by atoms with Crippen molar-refractivity contribution in [3.63, 3.8) is 0 Å². The Morgan fingerprint density at radius 1 is 1.55 bits per heavy atom. The van der Waals surface area contributed by atoms with E-state index in [1.807, 2.05) is 0 Å². The Bertz CT molecular complexity index is 114. The number of carbonyl (C=O) groups is 1. The van der Waals surface area contributed by atoms with Crippen molar-refractivity contribution >= 4 is 6.16 Å². The minimum absolute atomic E-state index is 0.276.